The number of ether oxygens (including phenoxy) is 1. The third kappa shape index (κ3) is 4.47. The van der Waals surface area contributed by atoms with Crippen LogP contribution in [-0.2, 0) is 16.6 Å². The highest BCUT2D eigenvalue weighted by atomic mass is 79.9. The fraction of sp³-hybridized carbons (Fsp3) is 0.0833. The molecule has 0 aliphatic carbocycles. The number of hydrogen-bond acceptors (Lipinski definition) is 6. The van der Waals surface area contributed by atoms with Gasteiger partial charge in [-0.3, -0.25) is 19.3 Å². The van der Waals surface area contributed by atoms with Gasteiger partial charge in [-0.05, 0) is 51.8 Å². The molecule has 0 saturated heterocycles. The Bertz CT molecular complexity index is 1450. The molecule has 0 saturated carbocycles. The molecule has 0 atom stereocenters. The lowest BCUT2D eigenvalue weighted by Crippen LogP contribution is -2.33. The normalized spacial score (nSPS) is 11.3. The molecule has 2 N–H and O–H groups in total. The van der Waals surface area contributed by atoms with Crippen LogP contribution in [0, 0.1) is 0 Å². The van der Waals surface area contributed by atoms with E-state index in [4.69, 9.17) is 4.74 Å². The van der Waals surface area contributed by atoms with E-state index >= 15 is 0 Å². The van der Waals surface area contributed by atoms with E-state index in [0.717, 1.165) is 4.31 Å². The molecule has 4 rings (SSSR count). The lowest BCUT2D eigenvalue weighted by molar-refractivity contribution is 0.0707. The molecule has 4 aromatic rings. The van der Waals surface area contributed by atoms with Gasteiger partial charge in [-0.1, -0.05) is 42.5 Å². The van der Waals surface area contributed by atoms with Gasteiger partial charge in [-0.25, -0.2) is 13.9 Å². The molecule has 0 unspecified atom stereocenters. The lowest BCUT2D eigenvalue weighted by Gasteiger charge is -2.28. The van der Waals surface area contributed by atoms with Crippen molar-refractivity contribution in [3.8, 4) is 5.75 Å². The molecule has 0 fully saturated rings. The average molecular weight is 542 g/mol. The van der Waals surface area contributed by atoms with Gasteiger partial charge in [0.2, 0.25) is 0 Å². The number of amides is 1. The standard InChI is InChI=1S/C24H20BrN3O5S/c1-33-17-10-12-18(13-11-17)34(31,32)28(15-16-6-3-2-4-7-16)23-19-8-5-9-21(25)22(19)26-14-20(23)24(29)27-30/h2-14,30H,15H2,1H3,(H,27,29). The van der Waals surface area contributed by atoms with E-state index in [1.807, 2.05) is 6.07 Å². The van der Waals surface area contributed by atoms with E-state index in [2.05, 4.69) is 20.9 Å². The number of rotatable bonds is 7. The molecule has 3 aromatic carbocycles. The first-order chi connectivity index (χ1) is 16.4. The number of sulfonamides is 1. The van der Waals surface area contributed by atoms with Crippen LogP contribution in [0.2, 0.25) is 0 Å². The molecule has 1 heterocycles. The van der Waals surface area contributed by atoms with Gasteiger partial charge in [0.1, 0.15) is 5.75 Å². The summed E-state index contributed by atoms with van der Waals surface area (Å²) in [6.07, 6.45) is 1.25. The Morgan fingerprint density at radius 2 is 1.76 bits per heavy atom. The number of anilines is 1. The van der Waals surface area contributed by atoms with Crippen LogP contribution in [0.3, 0.4) is 0 Å². The SMILES string of the molecule is COc1ccc(S(=O)(=O)N(Cc2ccccc2)c2c(C(=O)NO)cnc3c(Br)cccc23)cc1. The predicted octanol–water partition coefficient (Wildman–Crippen LogP) is 4.52. The first-order valence-electron chi connectivity index (χ1n) is 10.1. The van der Waals surface area contributed by atoms with Gasteiger partial charge in [0.25, 0.3) is 15.9 Å². The maximum atomic E-state index is 14.0. The average Bonchev–Trinajstić information content (AvgIpc) is 2.87. The number of nitrogens with zero attached hydrogens (tertiary/aromatic N) is 2. The van der Waals surface area contributed by atoms with Gasteiger partial charge in [0, 0.05) is 16.1 Å². The number of nitrogens with one attached hydrogen (secondary N) is 1. The fourth-order valence-corrected chi connectivity index (χ4v) is 5.54. The van der Waals surface area contributed by atoms with E-state index in [0.29, 0.717) is 26.7 Å². The van der Waals surface area contributed by atoms with Crippen LogP contribution in [0.5, 0.6) is 5.75 Å². The molecule has 0 radical (unpaired) electrons. The molecule has 0 bridgehead atoms. The number of pyridine rings is 1. The minimum absolute atomic E-state index is 0.0135. The maximum Gasteiger partial charge on any atom is 0.278 e. The van der Waals surface area contributed by atoms with E-state index in [9.17, 15) is 18.4 Å². The zero-order valence-electron chi connectivity index (χ0n) is 18.0. The quantitative estimate of drug-likeness (QED) is 0.263. The van der Waals surface area contributed by atoms with Crippen molar-refractivity contribution in [2.75, 3.05) is 11.4 Å². The highest BCUT2D eigenvalue weighted by molar-refractivity contribution is 9.10. The molecule has 1 aromatic heterocycles. The number of carbonyl (C=O) groups is 1. The summed E-state index contributed by atoms with van der Waals surface area (Å²) in [5, 5.41) is 9.79. The number of methoxy groups -OCH3 is 1. The van der Waals surface area contributed by atoms with E-state index < -0.39 is 15.9 Å². The highest BCUT2D eigenvalue weighted by Gasteiger charge is 2.31. The van der Waals surface area contributed by atoms with Crippen LogP contribution in [0.25, 0.3) is 10.9 Å². The zero-order chi connectivity index (χ0) is 24.3. The molecular weight excluding hydrogens is 522 g/mol. The molecule has 174 valence electrons. The Hall–Kier alpha value is -3.47. The van der Waals surface area contributed by atoms with Crippen molar-refractivity contribution < 1.29 is 23.2 Å². The van der Waals surface area contributed by atoms with Crippen LogP contribution in [0.4, 0.5) is 5.69 Å². The van der Waals surface area contributed by atoms with Gasteiger partial charge < -0.3 is 4.74 Å². The third-order valence-electron chi connectivity index (χ3n) is 5.23. The smallest absolute Gasteiger partial charge is 0.278 e. The fourth-order valence-electron chi connectivity index (χ4n) is 3.58. The predicted molar refractivity (Wildman–Crippen MR) is 132 cm³/mol. The molecular formula is C24H20BrN3O5S. The third-order valence-corrected chi connectivity index (χ3v) is 7.63. The molecule has 34 heavy (non-hydrogen) atoms. The first-order valence-corrected chi connectivity index (χ1v) is 12.3. The van der Waals surface area contributed by atoms with Crippen LogP contribution < -0.4 is 14.5 Å². The van der Waals surface area contributed by atoms with Gasteiger partial charge in [-0.2, -0.15) is 0 Å². The summed E-state index contributed by atoms with van der Waals surface area (Å²) in [6, 6.07) is 20.2. The minimum atomic E-state index is -4.17. The summed E-state index contributed by atoms with van der Waals surface area (Å²) >= 11 is 3.44. The van der Waals surface area contributed by atoms with E-state index in [1.54, 1.807) is 60.1 Å². The van der Waals surface area contributed by atoms with Gasteiger partial charge >= 0.3 is 0 Å². The van der Waals surface area contributed by atoms with Crippen molar-refractivity contribution in [2.45, 2.75) is 11.4 Å². The Morgan fingerprint density at radius 1 is 1.06 bits per heavy atom. The van der Waals surface area contributed by atoms with Crippen LogP contribution in [0.15, 0.2) is 88.4 Å². The summed E-state index contributed by atoms with van der Waals surface area (Å²) < 4.78 is 34.9. The highest BCUT2D eigenvalue weighted by Crippen LogP contribution is 2.37. The summed E-state index contributed by atoms with van der Waals surface area (Å²) in [7, 11) is -2.68. The number of benzene rings is 3. The number of hydrogen-bond donors (Lipinski definition) is 2. The molecule has 1 amide bonds. The second kappa shape index (κ2) is 9.80. The largest absolute Gasteiger partial charge is 0.497 e. The molecule has 8 nitrogen and oxygen atoms in total. The number of hydroxylamine groups is 1. The van der Waals surface area contributed by atoms with Crippen molar-refractivity contribution in [3.63, 3.8) is 0 Å². The lowest BCUT2D eigenvalue weighted by atomic mass is 10.1. The van der Waals surface area contributed by atoms with Crippen molar-refractivity contribution in [3.05, 3.63) is 94.6 Å². The van der Waals surface area contributed by atoms with Gasteiger partial charge in [0.15, 0.2) is 0 Å². The molecule has 10 heteroatoms. The topological polar surface area (TPSA) is 109 Å². The Labute approximate surface area is 205 Å². The maximum absolute atomic E-state index is 14.0. The van der Waals surface area contributed by atoms with Crippen molar-refractivity contribution in [2.24, 2.45) is 0 Å². The summed E-state index contributed by atoms with van der Waals surface area (Å²) in [6.45, 7) is -0.0630. The van der Waals surface area contributed by atoms with Crippen molar-refractivity contribution in [1.82, 2.24) is 10.5 Å². The summed E-state index contributed by atoms with van der Waals surface area (Å²) in [5.41, 5.74) is 2.77. The Balaban J connectivity index is 2.02. The number of para-hydroxylation sites is 1. The number of aromatic nitrogens is 1. The number of halogens is 1. The first kappa shape index (κ1) is 23.7. The van der Waals surface area contributed by atoms with E-state index in [1.165, 1.54) is 25.4 Å². The zero-order valence-corrected chi connectivity index (χ0v) is 20.4. The number of carbonyl (C=O) groups excluding carboxylic acids is 1. The number of fused-ring (bicyclic) bond motifs is 1. The second-order valence-electron chi connectivity index (χ2n) is 7.27. The molecule has 0 spiro atoms. The Kier molecular flexibility index (Phi) is 6.82. The molecule has 0 aliphatic heterocycles. The van der Waals surface area contributed by atoms with Gasteiger partial charge in [-0.15, -0.1) is 0 Å². The monoisotopic (exact) mass is 541 g/mol. The van der Waals surface area contributed by atoms with Crippen molar-refractivity contribution in [1.29, 1.82) is 0 Å². The van der Waals surface area contributed by atoms with Gasteiger partial charge in [0.05, 0.1) is 35.3 Å². The minimum Gasteiger partial charge on any atom is -0.497 e. The summed E-state index contributed by atoms with van der Waals surface area (Å²) in [5.74, 6) is -0.375. The molecule has 0 aliphatic rings. The van der Waals surface area contributed by atoms with Crippen LogP contribution in [-0.4, -0.2) is 31.6 Å². The van der Waals surface area contributed by atoms with E-state index in [-0.39, 0.29) is 22.7 Å². The summed E-state index contributed by atoms with van der Waals surface area (Å²) in [4.78, 5) is 16.9. The Morgan fingerprint density at radius 3 is 2.41 bits per heavy atom. The van der Waals surface area contributed by atoms with Crippen LogP contribution in [0.1, 0.15) is 15.9 Å². The van der Waals surface area contributed by atoms with Crippen LogP contribution >= 0.6 is 15.9 Å². The second-order valence-corrected chi connectivity index (χ2v) is 9.99. The van der Waals surface area contributed by atoms with Crippen molar-refractivity contribution >= 4 is 48.5 Å².